The van der Waals surface area contributed by atoms with Gasteiger partial charge >= 0.3 is 0 Å². The van der Waals surface area contributed by atoms with Crippen molar-refractivity contribution in [1.29, 1.82) is 0 Å². The zero-order valence-corrected chi connectivity index (χ0v) is 14.0. The molecule has 0 heterocycles. The molecular weight excluding hydrogens is 249 g/mol. The van der Waals surface area contributed by atoms with Crippen molar-refractivity contribution < 1.29 is 4.74 Å². The van der Waals surface area contributed by atoms with Crippen LogP contribution in [0.3, 0.4) is 0 Å². The lowest BCUT2D eigenvalue weighted by Gasteiger charge is -2.33. The van der Waals surface area contributed by atoms with Gasteiger partial charge in [0.1, 0.15) is 0 Å². The van der Waals surface area contributed by atoms with Crippen LogP contribution in [0.15, 0.2) is 0 Å². The van der Waals surface area contributed by atoms with E-state index in [-0.39, 0.29) is 12.7 Å². The fourth-order valence-electron chi connectivity index (χ4n) is 1.72. The smallest absolute Gasteiger partial charge is 0.0589 e. The van der Waals surface area contributed by atoms with Gasteiger partial charge in [-0.15, -0.1) is 7.92 Å². The molecule has 0 aliphatic rings. The highest BCUT2D eigenvalue weighted by molar-refractivity contribution is 7.81. The highest BCUT2D eigenvalue weighted by Gasteiger charge is 2.24. The number of rotatable bonds is 10. The lowest BCUT2D eigenvalue weighted by molar-refractivity contribution is 0.144. The van der Waals surface area contributed by atoms with Crippen molar-refractivity contribution in [2.24, 2.45) is 0 Å². The second-order valence-corrected chi connectivity index (χ2v) is 8.56. The number of ether oxygens (including phenoxy) is 1. The first-order chi connectivity index (χ1) is 7.97. The fraction of sp³-hybridized carbons (Fsp3) is 1.00. The molecule has 0 aromatic rings. The summed E-state index contributed by atoms with van der Waals surface area (Å²) in [6, 6.07) is 0. The lowest BCUT2D eigenvalue weighted by Crippen LogP contribution is -2.41. The normalized spacial score (nSPS) is 12.7. The largest absolute Gasteiger partial charge is 0.383 e. The molecule has 0 N–H and O–H groups in total. The van der Waals surface area contributed by atoms with Crippen LogP contribution in [-0.2, 0) is 4.74 Å². The van der Waals surface area contributed by atoms with E-state index in [0.717, 1.165) is 32.5 Å². The van der Waals surface area contributed by atoms with E-state index in [0.29, 0.717) is 0 Å². The SMILES string of the molecule is CCC(S)(CC)CN(CCOC)CCP(C)C. The average Bonchev–Trinajstić information content (AvgIpc) is 2.32. The molecule has 0 radical (unpaired) electrons. The van der Waals surface area contributed by atoms with Crippen molar-refractivity contribution >= 4 is 20.6 Å². The van der Waals surface area contributed by atoms with E-state index in [1.54, 1.807) is 7.11 Å². The summed E-state index contributed by atoms with van der Waals surface area (Å²) in [6.07, 6.45) is 3.57. The van der Waals surface area contributed by atoms with E-state index in [1.165, 1.54) is 12.7 Å². The number of nitrogens with zero attached hydrogens (tertiary/aromatic N) is 1. The van der Waals surface area contributed by atoms with Gasteiger partial charge in [0.15, 0.2) is 0 Å². The number of thiol groups is 1. The van der Waals surface area contributed by atoms with Crippen LogP contribution in [0.2, 0.25) is 0 Å². The summed E-state index contributed by atoms with van der Waals surface area (Å²) in [5.74, 6) is 0. The molecule has 0 atom stereocenters. The van der Waals surface area contributed by atoms with E-state index in [2.05, 4.69) is 32.1 Å². The number of methoxy groups -OCH3 is 1. The predicted octanol–water partition coefficient (Wildman–Crippen LogP) is 3.16. The average molecular weight is 279 g/mol. The van der Waals surface area contributed by atoms with Crippen LogP contribution in [0, 0.1) is 0 Å². The minimum atomic E-state index is 0.165. The summed E-state index contributed by atoms with van der Waals surface area (Å²) in [4.78, 5) is 2.52. The molecule has 0 saturated carbocycles. The van der Waals surface area contributed by atoms with Crippen LogP contribution in [-0.4, -0.2) is 62.5 Å². The van der Waals surface area contributed by atoms with E-state index in [4.69, 9.17) is 17.4 Å². The summed E-state index contributed by atoms with van der Waals surface area (Å²) in [5, 5.41) is 0. The molecule has 0 spiro atoms. The van der Waals surface area contributed by atoms with E-state index in [1.807, 2.05) is 0 Å². The van der Waals surface area contributed by atoms with Crippen LogP contribution in [0.4, 0.5) is 0 Å². The van der Waals surface area contributed by atoms with Gasteiger partial charge in [-0.3, -0.25) is 4.90 Å². The maximum absolute atomic E-state index is 5.20. The molecule has 2 nitrogen and oxygen atoms in total. The minimum absolute atomic E-state index is 0.165. The molecule has 17 heavy (non-hydrogen) atoms. The Balaban J connectivity index is 4.25. The second-order valence-electron chi connectivity index (χ2n) is 5.00. The molecule has 0 aliphatic heterocycles. The topological polar surface area (TPSA) is 12.5 Å². The quantitative estimate of drug-likeness (QED) is 0.487. The Kier molecular flexibility index (Phi) is 10.0. The number of hydrogen-bond acceptors (Lipinski definition) is 3. The van der Waals surface area contributed by atoms with Gasteiger partial charge < -0.3 is 4.74 Å². The van der Waals surface area contributed by atoms with E-state index < -0.39 is 0 Å². The zero-order chi connectivity index (χ0) is 13.3. The molecular formula is C13H30NOPS. The molecule has 0 unspecified atom stereocenters. The Hall–Kier alpha value is 0.700. The molecule has 0 aromatic heterocycles. The monoisotopic (exact) mass is 279 g/mol. The molecule has 4 heteroatoms. The maximum atomic E-state index is 5.20. The zero-order valence-electron chi connectivity index (χ0n) is 12.2. The molecule has 0 saturated heterocycles. The molecule has 0 aliphatic carbocycles. The van der Waals surface area contributed by atoms with Crippen molar-refractivity contribution in [2.45, 2.75) is 31.4 Å². The lowest BCUT2D eigenvalue weighted by atomic mass is 10.0. The molecule has 0 rings (SSSR count). The van der Waals surface area contributed by atoms with Gasteiger partial charge in [0.25, 0.3) is 0 Å². The Morgan fingerprint density at radius 2 is 1.76 bits per heavy atom. The highest BCUT2D eigenvalue weighted by Crippen LogP contribution is 2.27. The fourth-order valence-corrected chi connectivity index (χ4v) is 2.60. The molecule has 0 bridgehead atoms. The van der Waals surface area contributed by atoms with Gasteiger partial charge in [-0.1, -0.05) is 13.8 Å². The first-order valence-corrected chi connectivity index (χ1v) is 9.42. The third-order valence-corrected chi connectivity index (χ3v) is 5.18. The van der Waals surface area contributed by atoms with Gasteiger partial charge in [0.05, 0.1) is 6.61 Å². The summed E-state index contributed by atoms with van der Waals surface area (Å²) in [7, 11) is 1.97. The van der Waals surface area contributed by atoms with Crippen LogP contribution in [0.25, 0.3) is 0 Å². The van der Waals surface area contributed by atoms with Gasteiger partial charge in [0, 0.05) is 31.5 Å². The van der Waals surface area contributed by atoms with E-state index in [9.17, 15) is 0 Å². The standard InChI is InChI=1S/C13H30NOPS/c1-6-13(17,7-2)12-14(8-10-15-3)9-11-16(4)5/h17H,6-12H2,1-5H3. The highest BCUT2D eigenvalue weighted by atomic mass is 32.1. The third kappa shape index (κ3) is 8.42. The Morgan fingerprint density at radius 1 is 1.18 bits per heavy atom. The van der Waals surface area contributed by atoms with Crippen LogP contribution < -0.4 is 0 Å². The molecule has 0 amide bonds. The van der Waals surface area contributed by atoms with Crippen molar-refractivity contribution in [3.8, 4) is 0 Å². The van der Waals surface area contributed by atoms with Crippen molar-refractivity contribution in [2.75, 3.05) is 52.8 Å². The van der Waals surface area contributed by atoms with Gasteiger partial charge in [-0.25, -0.2) is 0 Å². The molecule has 0 aromatic carbocycles. The minimum Gasteiger partial charge on any atom is -0.383 e. The molecule has 0 fully saturated rings. The van der Waals surface area contributed by atoms with Gasteiger partial charge in [0.2, 0.25) is 0 Å². The Bertz CT molecular complexity index is 186. The Morgan fingerprint density at radius 3 is 2.18 bits per heavy atom. The van der Waals surface area contributed by atoms with Crippen LogP contribution >= 0.6 is 20.6 Å². The van der Waals surface area contributed by atoms with Crippen molar-refractivity contribution in [3.63, 3.8) is 0 Å². The summed E-state index contributed by atoms with van der Waals surface area (Å²) in [6.45, 7) is 13.3. The van der Waals surface area contributed by atoms with Gasteiger partial charge in [-0.2, -0.15) is 12.6 Å². The first kappa shape index (κ1) is 17.7. The summed E-state index contributed by atoms with van der Waals surface area (Å²) in [5.41, 5.74) is 0. The van der Waals surface area contributed by atoms with Crippen molar-refractivity contribution in [3.05, 3.63) is 0 Å². The second kappa shape index (κ2) is 9.61. The predicted molar refractivity (Wildman–Crippen MR) is 84.3 cm³/mol. The maximum Gasteiger partial charge on any atom is 0.0589 e. The molecule has 104 valence electrons. The summed E-state index contributed by atoms with van der Waals surface area (Å²) >= 11 is 4.85. The summed E-state index contributed by atoms with van der Waals surface area (Å²) < 4.78 is 5.36. The van der Waals surface area contributed by atoms with Crippen molar-refractivity contribution in [1.82, 2.24) is 4.90 Å². The Labute approximate surface area is 115 Å². The van der Waals surface area contributed by atoms with Crippen LogP contribution in [0.1, 0.15) is 26.7 Å². The third-order valence-electron chi connectivity index (χ3n) is 3.31. The van der Waals surface area contributed by atoms with E-state index >= 15 is 0 Å². The number of hydrogen-bond donors (Lipinski definition) is 1. The van der Waals surface area contributed by atoms with Crippen LogP contribution in [0.5, 0.6) is 0 Å². The first-order valence-electron chi connectivity index (χ1n) is 6.55. The van der Waals surface area contributed by atoms with Gasteiger partial charge in [-0.05, 0) is 32.3 Å².